The number of rotatable bonds is 2. The Labute approximate surface area is 176 Å². The van der Waals surface area contributed by atoms with Crippen molar-refractivity contribution < 1.29 is 4.57 Å². The van der Waals surface area contributed by atoms with E-state index >= 15 is 0 Å². The van der Waals surface area contributed by atoms with Crippen LogP contribution in [0.5, 0.6) is 0 Å². The number of hydrogen-bond donors (Lipinski definition) is 0. The summed E-state index contributed by atoms with van der Waals surface area (Å²) in [5.41, 5.74) is 6.66. The maximum Gasteiger partial charge on any atom is 0.287 e. The molecule has 3 heteroatoms. The molecule has 2 heterocycles. The number of aryl methyl sites for hydroxylation is 2. The Bertz CT molecular complexity index is 1290. The van der Waals surface area contributed by atoms with Crippen LogP contribution in [-0.2, 0) is 13.5 Å². The molecule has 0 spiro atoms. The average molecular weight is 398 g/mol. The Balaban J connectivity index is 1.61. The molecule has 4 aromatic rings. The van der Waals surface area contributed by atoms with Crippen LogP contribution in [0.2, 0.25) is 0 Å². The van der Waals surface area contributed by atoms with Gasteiger partial charge in [-0.15, -0.1) is 0 Å². The second-order valence-corrected chi connectivity index (χ2v) is 9.83. The van der Waals surface area contributed by atoms with Crippen LogP contribution < -0.4 is 4.57 Å². The van der Waals surface area contributed by atoms with E-state index in [0.29, 0.717) is 0 Å². The molecular formula is C26H25N2S+. The van der Waals surface area contributed by atoms with Crippen molar-refractivity contribution in [3.63, 3.8) is 0 Å². The third kappa shape index (κ3) is 2.71. The highest BCUT2D eigenvalue weighted by Gasteiger charge is 2.29. The molecule has 0 amide bonds. The molecule has 0 saturated heterocycles. The molecule has 0 atom stereocenters. The maximum absolute atomic E-state index is 4.83. The summed E-state index contributed by atoms with van der Waals surface area (Å²) in [6.07, 6.45) is 8.77. The maximum atomic E-state index is 4.83. The lowest BCUT2D eigenvalue weighted by Crippen LogP contribution is -2.32. The van der Waals surface area contributed by atoms with Gasteiger partial charge in [-0.2, -0.15) is 0 Å². The van der Waals surface area contributed by atoms with Gasteiger partial charge < -0.3 is 0 Å². The van der Waals surface area contributed by atoms with E-state index in [1.54, 1.807) is 0 Å². The molecular weight excluding hydrogens is 372 g/mol. The normalized spacial score (nSPS) is 15.9. The predicted molar refractivity (Wildman–Crippen MR) is 120 cm³/mol. The minimum Gasteiger partial charge on any atom is -0.232 e. The van der Waals surface area contributed by atoms with Gasteiger partial charge in [-0.05, 0) is 64.3 Å². The van der Waals surface area contributed by atoms with E-state index in [2.05, 4.69) is 61.0 Å². The number of fused-ring (bicyclic) bond motifs is 3. The van der Waals surface area contributed by atoms with Gasteiger partial charge >= 0.3 is 0 Å². The average Bonchev–Trinajstić information content (AvgIpc) is 3.23. The topological polar surface area (TPSA) is 16.8 Å². The molecule has 0 N–H and O–H groups in total. The summed E-state index contributed by atoms with van der Waals surface area (Å²) in [5, 5.41) is 3.99. The standard InChI is InChI=1S/C26H25N2S/c1-16-20-10-6-5-9-19(20)14-23-24(16)26-25-21(27-15-28(26)2)12-18(13-22(25)29-23)11-17-7-3-4-8-17/h5-6,9-10,12-15,17H,3-4,7-8,11H2,1-2H3/q+1. The number of hydrogen-bond acceptors (Lipinski definition) is 2. The van der Waals surface area contributed by atoms with E-state index in [-0.39, 0.29) is 0 Å². The fourth-order valence-electron chi connectivity index (χ4n) is 5.42. The van der Waals surface area contributed by atoms with E-state index in [1.807, 2.05) is 18.1 Å². The van der Waals surface area contributed by atoms with Crippen LogP contribution in [-0.4, -0.2) is 4.98 Å². The third-order valence-electron chi connectivity index (χ3n) is 6.83. The van der Waals surface area contributed by atoms with E-state index < -0.39 is 0 Å². The molecule has 29 heavy (non-hydrogen) atoms. The molecule has 0 unspecified atom stereocenters. The summed E-state index contributed by atoms with van der Waals surface area (Å²) < 4.78 is 2.21. The van der Waals surface area contributed by atoms with Crippen LogP contribution in [0.25, 0.3) is 32.9 Å². The zero-order valence-corrected chi connectivity index (χ0v) is 17.9. The third-order valence-corrected chi connectivity index (χ3v) is 7.91. The van der Waals surface area contributed by atoms with Gasteiger partial charge in [-0.25, -0.2) is 4.57 Å². The Morgan fingerprint density at radius 1 is 1.07 bits per heavy atom. The molecule has 3 aromatic carbocycles. The largest absolute Gasteiger partial charge is 0.287 e. The second-order valence-electron chi connectivity index (χ2n) is 8.74. The molecule has 1 fully saturated rings. The van der Waals surface area contributed by atoms with E-state index in [0.717, 1.165) is 11.4 Å². The molecule has 0 radical (unpaired) electrons. The van der Waals surface area contributed by atoms with Gasteiger partial charge in [-0.3, -0.25) is 0 Å². The first-order valence-corrected chi connectivity index (χ1v) is 11.5. The van der Waals surface area contributed by atoms with Crippen molar-refractivity contribution in [3.8, 4) is 11.3 Å². The van der Waals surface area contributed by atoms with Gasteiger partial charge in [0.2, 0.25) is 0 Å². The van der Waals surface area contributed by atoms with E-state index in [1.165, 1.54) is 80.4 Å². The van der Waals surface area contributed by atoms with Crippen LogP contribution in [0.15, 0.2) is 58.6 Å². The molecule has 2 aliphatic rings. The van der Waals surface area contributed by atoms with Crippen molar-refractivity contribution in [1.82, 2.24) is 4.98 Å². The van der Waals surface area contributed by atoms with Crippen molar-refractivity contribution >= 4 is 33.4 Å². The molecule has 144 valence electrons. The summed E-state index contributed by atoms with van der Waals surface area (Å²) in [6.45, 7) is 2.27. The first-order valence-electron chi connectivity index (χ1n) is 10.7. The number of aromatic nitrogens is 2. The van der Waals surface area contributed by atoms with Crippen LogP contribution in [0.3, 0.4) is 0 Å². The highest BCUT2D eigenvalue weighted by atomic mass is 32.2. The van der Waals surface area contributed by atoms with Gasteiger partial charge in [0.15, 0.2) is 5.52 Å². The Morgan fingerprint density at radius 2 is 1.90 bits per heavy atom. The lowest BCUT2D eigenvalue weighted by atomic mass is 9.93. The summed E-state index contributed by atoms with van der Waals surface area (Å²) in [6, 6.07) is 15.9. The summed E-state index contributed by atoms with van der Waals surface area (Å²) in [7, 11) is 2.13. The van der Waals surface area contributed by atoms with Gasteiger partial charge in [-0.1, -0.05) is 61.7 Å². The van der Waals surface area contributed by atoms with Crippen molar-refractivity contribution in [3.05, 3.63) is 59.9 Å². The SMILES string of the molecule is Cc1c2c(cc3ccccc13)Sc1cc(CC3CCCC3)cc3nc[n+](C)c-2c13. The lowest BCUT2D eigenvalue weighted by Gasteiger charge is -2.22. The molecule has 0 bridgehead atoms. The lowest BCUT2D eigenvalue weighted by molar-refractivity contribution is -0.662. The van der Waals surface area contributed by atoms with Crippen LogP contribution >= 0.6 is 11.8 Å². The molecule has 1 aliphatic carbocycles. The summed E-state index contributed by atoms with van der Waals surface area (Å²) in [4.78, 5) is 7.58. The van der Waals surface area contributed by atoms with E-state index in [9.17, 15) is 0 Å². The Kier molecular flexibility index (Phi) is 3.95. The van der Waals surface area contributed by atoms with Gasteiger partial charge in [0.05, 0.1) is 12.4 Å². The van der Waals surface area contributed by atoms with Crippen molar-refractivity contribution in [2.24, 2.45) is 13.0 Å². The second kappa shape index (κ2) is 6.56. The molecule has 1 aliphatic heterocycles. The van der Waals surface area contributed by atoms with Crippen LogP contribution in [0, 0.1) is 12.8 Å². The minimum atomic E-state index is 0.853. The number of benzene rings is 3. The minimum absolute atomic E-state index is 0.853. The molecule has 1 saturated carbocycles. The highest BCUT2D eigenvalue weighted by molar-refractivity contribution is 7.99. The van der Waals surface area contributed by atoms with Gasteiger partial charge in [0.1, 0.15) is 5.69 Å². The number of nitrogens with zero attached hydrogens (tertiary/aromatic N) is 2. The monoisotopic (exact) mass is 397 g/mol. The smallest absolute Gasteiger partial charge is 0.232 e. The van der Waals surface area contributed by atoms with Crippen LogP contribution in [0.4, 0.5) is 0 Å². The van der Waals surface area contributed by atoms with Crippen molar-refractivity contribution in [2.45, 2.75) is 48.8 Å². The van der Waals surface area contributed by atoms with Crippen molar-refractivity contribution in [1.29, 1.82) is 0 Å². The molecule has 6 rings (SSSR count). The zero-order valence-electron chi connectivity index (χ0n) is 17.0. The molecule has 1 aromatic heterocycles. The quantitative estimate of drug-likeness (QED) is 0.321. The first kappa shape index (κ1) is 17.5. The summed E-state index contributed by atoms with van der Waals surface area (Å²) >= 11 is 1.93. The first-order chi connectivity index (χ1) is 14.2. The Morgan fingerprint density at radius 3 is 2.76 bits per heavy atom. The van der Waals surface area contributed by atoms with Gasteiger partial charge in [0.25, 0.3) is 6.33 Å². The highest BCUT2D eigenvalue weighted by Crippen LogP contribution is 2.49. The van der Waals surface area contributed by atoms with Crippen molar-refractivity contribution in [2.75, 3.05) is 0 Å². The van der Waals surface area contributed by atoms with E-state index in [4.69, 9.17) is 4.98 Å². The molecule has 2 nitrogen and oxygen atoms in total. The van der Waals surface area contributed by atoms with Crippen LogP contribution in [0.1, 0.15) is 36.8 Å². The predicted octanol–water partition coefficient (Wildman–Crippen LogP) is 6.39. The van der Waals surface area contributed by atoms with Gasteiger partial charge in [0, 0.05) is 15.4 Å². The Hall–Kier alpha value is -2.39. The fourth-order valence-corrected chi connectivity index (χ4v) is 6.71. The zero-order chi connectivity index (χ0) is 19.5. The fraction of sp³-hybridized carbons (Fsp3) is 0.308. The summed E-state index contributed by atoms with van der Waals surface area (Å²) in [5.74, 6) is 0.853.